The molecule has 5 rings (SSSR count). The van der Waals surface area contributed by atoms with Gasteiger partial charge < -0.3 is 9.80 Å². The molecule has 33 heavy (non-hydrogen) atoms. The minimum Gasteiger partial charge on any atom is -0.311 e. The number of halogens is 3. The molecular weight excluding hydrogens is 449 g/mol. The number of thioether (sulfide) groups is 1. The Morgan fingerprint density at radius 1 is 1.03 bits per heavy atom. The van der Waals surface area contributed by atoms with Gasteiger partial charge in [0.15, 0.2) is 4.87 Å². The lowest BCUT2D eigenvalue weighted by molar-refractivity contribution is -0.123. The van der Waals surface area contributed by atoms with E-state index in [1.54, 1.807) is 6.07 Å². The predicted octanol–water partition coefficient (Wildman–Crippen LogP) is 5.00. The fourth-order valence-corrected chi connectivity index (χ4v) is 5.93. The van der Waals surface area contributed by atoms with Crippen LogP contribution in [-0.4, -0.2) is 29.0 Å². The van der Waals surface area contributed by atoms with Crippen LogP contribution in [0.5, 0.6) is 0 Å². The molecule has 0 aromatic heterocycles. The molecule has 0 radical (unpaired) electrons. The molecular formula is C25H19F3N2O2S. The van der Waals surface area contributed by atoms with Crippen molar-refractivity contribution >= 4 is 29.3 Å². The number of rotatable bonds is 3. The molecule has 168 valence electrons. The molecule has 2 aliphatic heterocycles. The molecule has 0 unspecified atom stereocenters. The van der Waals surface area contributed by atoms with Gasteiger partial charge in [-0.2, -0.15) is 0 Å². The summed E-state index contributed by atoms with van der Waals surface area (Å²) in [5, 5.41) is 0. The van der Waals surface area contributed by atoms with Gasteiger partial charge in [-0.1, -0.05) is 23.8 Å². The molecule has 8 heteroatoms. The van der Waals surface area contributed by atoms with Crippen molar-refractivity contribution in [2.45, 2.75) is 18.3 Å². The number of carbonyl (C=O) groups is 2. The van der Waals surface area contributed by atoms with E-state index >= 15 is 0 Å². The lowest BCUT2D eigenvalue weighted by Gasteiger charge is -2.33. The summed E-state index contributed by atoms with van der Waals surface area (Å²) in [4.78, 5) is 28.8. The highest BCUT2D eigenvalue weighted by Gasteiger charge is 2.59. The van der Waals surface area contributed by atoms with E-state index in [0.717, 1.165) is 17.7 Å². The summed E-state index contributed by atoms with van der Waals surface area (Å²) in [6.45, 7) is 1.89. The Morgan fingerprint density at radius 2 is 1.73 bits per heavy atom. The molecule has 2 heterocycles. The molecule has 0 saturated carbocycles. The zero-order valence-electron chi connectivity index (χ0n) is 17.6. The number of hydrogen-bond acceptors (Lipinski definition) is 3. The van der Waals surface area contributed by atoms with Crippen molar-refractivity contribution in [2.24, 2.45) is 0 Å². The first kappa shape index (κ1) is 21.6. The average molecular weight is 469 g/mol. The number of anilines is 1. The first-order valence-corrected chi connectivity index (χ1v) is 11.4. The maximum atomic E-state index is 14.4. The molecule has 0 bridgehead atoms. The Balaban J connectivity index is 1.61. The van der Waals surface area contributed by atoms with Crippen LogP contribution in [0.15, 0.2) is 60.7 Å². The number of carbonyl (C=O) groups excluding carboxylic acids is 2. The summed E-state index contributed by atoms with van der Waals surface area (Å²) >= 11 is 1.32. The van der Waals surface area contributed by atoms with Gasteiger partial charge in [-0.05, 0) is 49.4 Å². The average Bonchev–Trinajstić information content (AvgIpc) is 3.33. The smallest absolute Gasteiger partial charge is 0.268 e. The van der Waals surface area contributed by atoms with Crippen LogP contribution in [-0.2, 0) is 16.2 Å². The van der Waals surface area contributed by atoms with E-state index in [4.69, 9.17) is 0 Å². The molecule has 1 saturated heterocycles. The van der Waals surface area contributed by atoms with Crippen LogP contribution in [0.3, 0.4) is 0 Å². The number of fused-ring (bicyclic) bond motifs is 2. The Bertz CT molecular complexity index is 1260. The minimum absolute atomic E-state index is 0.214. The van der Waals surface area contributed by atoms with Gasteiger partial charge in [0.1, 0.15) is 17.5 Å². The predicted molar refractivity (Wildman–Crippen MR) is 120 cm³/mol. The van der Waals surface area contributed by atoms with Crippen molar-refractivity contribution in [1.82, 2.24) is 4.90 Å². The normalized spacial score (nSPS) is 19.5. The molecule has 1 fully saturated rings. The molecule has 2 aliphatic rings. The number of benzene rings is 3. The molecule has 3 aromatic rings. The van der Waals surface area contributed by atoms with Gasteiger partial charge in [-0.3, -0.25) is 9.59 Å². The first-order chi connectivity index (χ1) is 15.8. The molecule has 1 atom stereocenters. The molecule has 1 spiro atoms. The van der Waals surface area contributed by atoms with Crippen molar-refractivity contribution in [3.63, 3.8) is 0 Å². The summed E-state index contributed by atoms with van der Waals surface area (Å²) in [6.07, 6.45) is 0. The molecule has 2 amide bonds. The van der Waals surface area contributed by atoms with Crippen molar-refractivity contribution < 1.29 is 22.8 Å². The molecule has 0 N–H and O–H groups in total. The summed E-state index contributed by atoms with van der Waals surface area (Å²) in [5.41, 5.74) is 2.07. The zero-order valence-corrected chi connectivity index (χ0v) is 18.5. The SMILES string of the molecule is Cc1ccc2c(c1)[C@@]1(SCCN1C(=O)c1ccc(F)cc1)C(=O)N2Cc1c(F)cccc1F. The second-order valence-corrected chi connectivity index (χ2v) is 9.36. The van der Waals surface area contributed by atoms with Gasteiger partial charge in [0.05, 0.1) is 12.2 Å². The third kappa shape index (κ3) is 3.31. The maximum Gasteiger partial charge on any atom is 0.268 e. The second-order valence-electron chi connectivity index (χ2n) is 8.07. The van der Waals surface area contributed by atoms with Gasteiger partial charge in [0.2, 0.25) is 0 Å². The van der Waals surface area contributed by atoms with Gasteiger partial charge >= 0.3 is 0 Å². The Kier molecular flexibility index (Phi) is 5.20. The molecule has 3 aromatic carbocycles. The van der Waals surface area contributed by atoms with Crippen molar-refractivity contribution in [3.8, 4) is 0 Å². The van der Waals surface area contributed by atoms with Gasteiger partial charge in [0, 0.05) is 29.0 Å². The maximum absolute atomic E-state index is 14.4. The van der Waals surface area contributed by atoms with Gasteiger partial charge in [-0.25, -0.2) is 13.2 Å². The van der Waals surface area contributed by atoms with E-state index < -0.39 is 34.1 Å². The van der Waals surface area contributed by atoms with Crippen molar-refractivity contribution in [2.75, 3.05) is 17.2 Å². The van der Waals surface area contributed by atoms with Crippen LogP contribution >= 0.6 is 11.8 Å². The third-order valence-electron chi connectivity index (χ3n) is 6.06. The van der Waals surface area contributed by atoms with E-state index in [-0.39, 0.29) is 17.7 Å². The second kappa shape index (κ2) is 7.95. The Hall–Kier alpha value is -3.26. The quantitative estimate of drug-likeness (QED) is 0.543. The fourth-order valence-electron chi connectivity index (χ4n) is 4.48. The van der Waals surface area contributed by atoms with Crippen LogP contribution in [0.1, 0.15) is 27.0 Å². The van der Waals surface area contributed by atoms with Crippen LogP contribution in [0.2, 0.25) is 0 Å². The van der Waals surface area contributed by atoms with E-state index in [1.807, 2.05) is 19.1 Å². The van der Waals surface area contributed by atoms with Crippen molar-refractivity contribution in [1.29, 1.82) is 0 Å². The summed E-state index contributed by atoms with van der Waals surface area (Å²) < 4.78 is 42.2. The third-order valence-corrected chi connectivity index (χ3v) is 7.48. The number of aryl methyl sites for hydroxylation is 1. The lowest BCUT2D eigenvalue weighted by Crippen LogP contribution is -2.50. The molecule has 4 nitrogen and oxygen atoms in total. The lowest BCUT2D eigenvalue weighted by atomic mass is 10.0. The Morgan fingerprint density at radius 3 is 2.42 bits per heavy atom. The fraction of sp³-hybridized carbons (Fsp3) is 0.200. The highest BCUT2D eigenvalue weighted by atomic mass is 32.2. The highest BCUT2D eigenvalue weighted by Crippen LogP contribution is 2.55. The van der Waals surface area contributed by atoms with Crippen LogP contribution in [0, 0.1) is 24.4 Å². The van der Waals surface area contributed by atoms with Crippen LogP contribution in [0.25, 0.3) is 0 Å². The Labute approximate surface area is 193 Å². The monoisotopic (exact) mass is 468 g/mol. The van der Waals surface area contributed by atoms with Crippen molar-refractivity contribution in [3.05, 3.63) is 100 Å². The first-order valence-electron chi connectivity index (χ1n) is 10.4. The van der Waals surface area contributed by atoms with E-state index in [9.17, 15) is 22.8 Å². The van der Waals surface area contributed by atoms with E-state index in [2.05, 4.69) is 0 Å². The standard InChI is InChI=1S/C25H19F3N2O2S/c1-15-5-10-22-19(13-15)25(24(32)29(22)14-18-20(27)3-2-4-21(18)28)30(11-12-33-25)23(31)16-6-8-17(26)9-7-16/h2-10,13H,11-12,14H2,1H3/t25-/m1/s1. The summed E-state index contributed by atoms with van der Waals surface area (Å²) in [7, 11) is 0. The number of amides is 2. The summed E-state index contributed by atoms with van der Waals surface area (Å²) in [6, 6.07) is 14.2. The zero-order chi connectivity index (χ0) is 23.3. The van der Waals surface area contributed by atoms with Crippen LogP contribution in [0.4, 0.5) is 18.9 Å². The van der Waals surface area contributed by atoms with Gasteiger partial charge in [0.25, 0.3) is 11.8 Å². The van der Waals surface area contributed by atoms with E-state index in [0.29, 0.717) is 23.5 Å². The highest BCUT2D eigenvalue weighted by molar-refractivity contribution is 8.01. The van der Waals surface area contributed by atoms with Crippen LogP contribution < -0.4 is 4.90 Å². The largest absolute Gasteiger partial charge is 0.311 e. The van der Waals surface area contributed by atoms with Gasteiger partial charge in [-0.15, -0.1) is 11.8 Å². The summed E-state index contributed by atoms with van der Waals surface area (Å²) in [5.74, 6) is -2.27. The molecule has 0 aliphatic carbocycles. The number of hydrogen-bond donors (Lipinski definition) is 0. The minimum atomic E-state index is -1.35. The topological polar surface area (TPSA) is 40.6 Å². The van der Waals surface area contributed by atoms with E-state index in [1.165, 1.54) is 51.9 Å². The number of nitrogens with zero attached hydrogens (tertiary/aromatic N) is 2.